The van der Waals surface area contributed by atoms with Crippen LogP contribution in [-0.4, -0.2) is 130 Å². The molecule has 0 amide bonds. The summed E-state index contributed by atoms with van der Waals surface area (Å²) in [4.78, 5) is 23.9. The Morgan fingerprint density at radius 3 is 1.53 bits per heavy atom. The van der Waals surface area contributed by atoms with E-state index in [1.807, 2.05) is 49.3 Å². The van der Waals surface area contributed by atoms with Crippen molar-refractivity contribution in [2.45, 2.75) is 108 Å². The van der Waals surface area contributed by atoms with Crippen LogP contribution in [0, 0.1) is 0 Å². The third kappa shape index (κ3) is 17.4. The first-order valence-corrected chi connectivity index (χ1v) is 18.4. The van der Waals surface area contributed by atoms with E-state index in [2.05, 4.69) is 76.8 Å². The summed E-state index contributed by atoms with van der Waals surface area (Å²) in [6.45, 7) is 3.60. The molecule has 0 radical (unpaired) electrons. The number of pyridine rings is 2. The molecule has 2 atom stereocenters. The van der Waals surface area contributed by atoms with Crippen LogP contribution in [0.3, 0.4) is 0 Å². The molecule has 2 aliphatic heterocycles. The van der Waals surface area contributed by atoms with Crippen molar-refractivity contribution in [1.82, 2.24) is 29.6 Å². The molecule has 0 aromatic carbocycles. The van der Waals surface area contributed by atoms with E-state index in [0.717, 1.165) is 24.7 Å². The van der Waals surface area contributed by atoms with Crippen molar-refractivity contribution in [2.75, 3.05) is 80.9 Å². The molecule has 4 heterocycles. The Hall–Kier alpha value is -2.55. The number of nitrogens with zero attached hydrogens (tertiary/aromatic N) is 8. The summed E-state index contributed by atoms with van der Waals surface area (Å²) in [5, 5.41) is 0. The minimum Gasteiger partial charge on any atom is -0.378 e. The van der Waals surface area contributed by atoms with E-state index < -0.39 is 0 Å². The monoisotopic (exact) mass is 651 g/mol. The molecule has 8 heteroatoms. The van der Waals surface area contributed by atoms with Gasteiger partial charge in [0.2, 0.25) is 0 Å². The van der Waals surface area contributed by atoms with Crippen molar-refractivity contribution in [2.24, 2.45) is 4.99 Å². The van der Waals surface area contributed by atoms with E-state index in [1.54, 1.807) is 24.8 Å². The second-order valence-electron chi connectivity index (χ2n) is 14.2. The summed E-state index contributed by atoms with van der Waals surface area (Å²) >= 11 is 0. The quantitative estimate of drug-likeness (QED) is 0.347. The first-order chi connectivity index (χ1) is 22.7. The van der Waals surface area contributed by atoms with Crippen molar-refractivity contribution in [3.8, 4) is 0 Å². The van der Waals surface area contributed by atoms with Gasteiger partial charge in [-0.3, -0.25) is 15.0 Å². The first kappa shape index (κ1) is 40.6. The van der Waals surface area contributed by atoms with Crippen molar-refractivity contribution >= 4 is 11.5 Å². The third-order valence-corrected chi connectivity index (χ3v) is 9.65. The minimum absolute atomic E-state index is 0.772. The van der Waals surface area contributed by atoms with Crippen LogP contribution in [0.15, 0.2) is 60.1 Å². The lowest BCUT2D eigenvalue weighted by molar-refractivity contribution is 0.110. The first-order valence-electron chi connectivity index (χ1n) is 18.4. The van der Waals surface area contributed by atoms with Gasteiger partial charge in [0, 0.05) is 88.8 Å². The molecule has 266 valence electrons. The molecule has 0 spiro atoms. The molecule has 1 saturated heterocycles. The molecule has 2 aromatic heterocycles. The highest BCUT2D eigenvalue weighted by Gasteiger charge is 2.27. The molecular weight excluding hydrogens is 580 g/mol. The molecular formula is C39H70N8. The highest BCUT2D eigenvalue weighted by Crippen LogP contribution is 2.24. The van der Waals surface area contributed by atoms with E-state index in [0.29, 0.717) is 0 Å². The van der Waals surface area contributed by atoms with Crippen LogP contribution >= 0.6 is 0 Å². The molecule has 4 aliphatic rings. The number of likely N-dealkylation sites (N-methyl/N-ethyl adjacent to an activating group) is 2. The number of amidine groups is 1. The SMILES string of the molecule is C1CCC2=NCCCN2CC1.CN(C)C1CCCCC1.CN(C)C1CCCC[C@@H]1N(C)C.CN(C)c1ccncc1.c1ccncc1. The molecule has 2 aliphatic carbocycles. The molecule has 0 N–H and O–H groups in total. The maximum absolute atomic E-state index is 4.55. The number of anilines is 1. The van der Waals surface area contributed by atoms with Crippen molar-refractivity contribution in [3.05, 3.63) is 55.1 Å². The third-order valence-electron chi connectivity index (χ3n) is 9.65. The summed E-state index contributed by atoms with van der Waals surface area (Å²) in [5.41, 5.74) is 1.19. The molecule has 2 saturated carbocycles. The van der Waals surface area contributed by atoms with Crippen LogP contribution < -0.4 is 4.90 Å². The molecule has 6 rings (SSSR count). The Morgan fingerprint density at radius 1 is 0.553 bits per heavy atom. The summed E-state index contributed by atoms with van der Waals surface area (Å²) in [5.74, 6) is 1.40. The zero-order valence-corrected chi connectivity index (χ0v) is 31.5. The number of fused-ring (bicyclic) bond motifs is 1. The largest absolute Gasteiger partial charge is 0.378 e. The fourth-order valence-electron chi connectivity index (χ4n) is 6.79. The van der Waals surface area contributed by atoms with Gasteiger partial charge in [-0.15, -0.1) is 0 Å². The zero-order chi connectivity index (χ0) is 34.3. The predicted molar refractivity (Wildman–Crippen MR) is 204 cm³/mol. The average Bonchev–Trinajstić information content (AvgIpc) is 3.37. The van der Waals surface area contributed by atoms with Crippen LogP contribution in [0.5, 0.6) is 0 Å². The minimum atomic E-state index is 0.772. The Balaban J connectivity index is 0.000000207. The number of aliphatic imine (C=N–C) groups is 1. The molecule has 2 aromatic rings. The average molecular weight is 651 g/mol. The van der Waals surface area contributed by atoms with Gasteiger partial charge < -0.3 is 24.5 Å². The van der Waals surface area contributed by atoms with Crippen molar-refractivity contribution in [1.29, 1.82) is 0 Å². The van der Waals surface area contributed by atoms with Gasteiger partial charge in [0.25, 0.3) is 0 Å². The van der Waals surface area contributed by atoms with Gasteiger partial charge in [-0.2, -0.15) is 0 Å². The molecule has 47 heavy (non-hydrogen) atoms. The number of hydrogen-bond acceptors (Lipinski definition) is 8. The lowest BCUT2D eigenvalue weighted by Gasteiger charge is -2.39. The Bertz CT molecular complexity index is 979. The summed E-state index contributed by atoms with van der Waals surface area (Å²) < 4.78 is 0. The van der Waals surface area contributed by atoms with E-state index >= 15 is 0 Å². The van der Waals surface area contributed by atoms with Crippen LogP contribution in [0.1, 0.15) is 89.9 Å². The van der Waals surface area contributed by atoms with Crippen LogP contribution in [0.25, 0.3) is 0 Å². The Labute approximate surface area is 289 Å². The maximum Gasteiger partial charge on any atom is 0.0988 e. The van der Waals surface area contributed by atoms with Gasteiger partial charge in [0.1, 0.15) is 0 Å². The van der Waals surface area contributed by atoms with Crippen LogP contribution in [0.4, 0.5) is 5.69 Å². The molecule has 8 nitrogen and oxygen atoms in total. The van der Waals surface area contributed by atoms with Gasteiger partial charge >= 0.3 is 0 Å². The zero-order valence-electron chi connectivity index (χ0n) is 31.5. The van der Waals surface area contributed by atoms with E-state index in [4.69, 9.17) is 0 Å². The highest BCUT2D eigenvalue weighted by atomic mass is 15.2. The van der Waals surface area contributed by atoms with Gasteiger partial charge in [-0.1, -0.05) is 44.6 Å². The predicted octanol–water partition coefficient (Wildman–Crippen LogP) is 7.20. The number of hydrogen-bond donors (Lipinski definition) is 0. The van der Waals surface area contributed by atoms with E-state index in [9.17, 15) is 0 Å². The maximum atomic E-state index is 4.55. The number of aromatic nitrogens is 2. The van der Waals surface area contributed by atoms with Crippen LogP contribution in [-0.2, 0) is 0 Å². The van der Waals surface area contributed by atoms with E-state index in [1.165, 1.54) is 115 Å². The van der Waals surface area contributed by atoms with Crippen molar-refractivity contribution < 1.29 is 0 Å². The second-order valence-corrected chi connectivity index (χ2v) is 14.2. The standard InChI is InChI=1S/C10H22N2.C9H16N2.C8H17N.C7H10N2.C5H5N/c1-11(2)9-7-5-6-8-10(9)12(3)4;1-2-5-9-10-6-4-8-11(9)7-3-1;1-9(2)8-6-4-3-5-7-8;1-9(2)7-3-5-8-6-4-7;1-2-4-6-5-3-1/h9-10H,5-8H2,1-4H3;1-8H2;8H,3-7H2,1-2H3;3-6H,1-2H3;1-5H/t9-,10?;;;;/m0..../s1. The fraction of sp³-hybridized carbons (Fsp3) is 0.718. The van der Waals surface area contributed by atoms with Crippen LogP contribution in [0.2, 0.25) is 0 Å². The Kier molecular flexibility index (Phi) is 21.2. The second kappa shape index (κ2) is 24.6. The Morgan fingerprint density at radius 2 is 1.09 bits per heavy atom. The summed E-state index contributed by atoms with van der Waals surface area (Å²) in [6.07, 6.45) is 26.5. The van der Waals surface area contributed by atoms with Gasteiger partial charge in [-0.25, -0.2) is 0 Å². The van der Waals surface area contributed by atoms with Gasteiger partial charge in [0.15, 0.2) is 0 Å². The van der Waals surface area contributed by atoms with Crippen molar-refractivity contribution in [3.63, 3.8) is 0 Å². The number of rotatable bonds is 4. The summed E-state index contributed by atoms with van der Waals surface area (Å²) in [6, 6.07) is 12.1. The molecule has 1 unspecified atom stereocenters. The lowest BCUT2D eigenvalue weighted by Crippen LogP contribution is -2.48. The topological polar surface area (TPSA) is 54.3 Å². The van der Waals surface area contributed by atoms with Gasteiger partial charge in [-0.05, 0) is 111 Å². The lowest BCUT2D eigenvalue weighted by atomic mass is 9.89. The molecule has 3 fully saturated rings. The van der Waals surface area contributed by atoms with Gasteiger partial charge in [0.05, 0.1) is 5.84 Å². The summed E-state index contributed by atoms with van der Waals surface area (Å²) in [7, 11) is 17.2. The smallest absolute Gasteiger partial charge is 0.0988 e. The van der Waals surface area contributed by atoms with E-state index in [-0.39, 0.29) is 0 Å². The highest BCUT2D eigenvalue weighted by molar-refractivity contribution is 5.83. The fourth-order valence-corrected chi connectivity index (χ4v) is 6.79. The molecule has 0 bridgehead atoms. The normalized spacial score (nSPS) is 21.2.